The highest BCUT2D eigenvalue weighted by atomic mass is 35.5. The van der Waals surface area contributed by atoms with E-state index in [0.717, 1.165) is 11.1 Å². The van der Waals surface area contributed by atoms with E-state index in [1.807, 2.05) is 31.2 Å². The molecule has 0 aliphatic heterocycles. The Balaban J connectivity index is 1.48. The summed E-state index contributed by atoms with van der Waals surface area (Å²) in [5, 5.41) is 11.8. The summed E-state index contributed by atoms with van der Waals surface area (Å²) in [4.78, 5) is 12.9. The Morgan fingerprint density at radius 3 is 2.72 bits per heavy atom. The Morgan fingerprint density at radius 2 is 1.94 bits per heavy atom. The molecule has 2 aromatic heterocycles. The van der Waals surface area contributed by atoms with Crippen LogP contribution in [0.1, 0.15) is 32.9 Å². The Morgan fingerprint density at radius 1 is 1.12 bits per heavy atom. The van der Waals surface area contributed by atoms with Gasteiger partial charge in [0.25, 0.3) is 5.91 Å². The molecule has 164 valence electrons. The predicted octanol–water partition coefficient (Wildman–Crippen LogP) is 5.67. The van der Waals surface area contributed by atoms with Gasteiger partial charge < -0.3 is 14.6 Å². The van der Waals surface area contributed by atoms with Crippen molar-refractivity contribution in [1.29, 1.82) is 0 Å². The Labute approximate surface area is 194 Å². The summed E-state index contributed by atoms with van der Waals surface area (Å²) in [5.74, 6) is 0.711. The second-order valence-electron chi connectivity index (χ2n) is 7.25. The van der Waals surface area contributed by atoms with Crippen LogP contribution >= 0.6 is 23.2 Å². The first-order valence-corrected chi connectivity index (χ1v) is 10.6. The highest BCUT2D eigenvalue weighted by molar-refractivity contribution is 6.33. The predicted molar refractivity (Wildman–Crippen MR) is 122 cm³/mol. The molecule has 0 saturated heterocycles. The molecule has 9 heteroatoms. The Bertz CT molecular complexity index is 1270. The summed E-state index contributed by atoms with van der Waals surface area (Å²) in [6, 6.07) is 15.2. The van der Waals surface area contributed by atoms with Crippen LogP contribution in [0.5, 0.6) is 5.75 Å². The molecule has 2 aromatic carbocycles. The van der Waals surface area contributed by atoms with Gasteiger partial charge in [0.1, 0.15) is 23.1 Å². The summed E-state index contributed by atoms with van der Waals surface area (Å²) >= 11 is 12.4. The van der Waals surface area contributed by atoms with Crippen molar-refractivity contribution < 1.29 is 14.1 Å². The van der Waals surface area contributed by atoms with Gasteiger partial charge in [0.2, 0.25) is 0 Å². The van der Waals surface area contributed by atoms with Gasteiger partial charge >= 0.3 is 0 Å². The molecule has 0 atom stereocenters. The van der Waals surface area contributed by atoms with E-state index in [1.54, 1.807) is 36.0 Å². The average Bonchev–Trinajstić information content (AvgIpc) is 3.29. The van der Waals surface area contributed by atoms with E-state index in [4.69, 9.17) is 32.5 Å². The van der Waals surface area contributed by atoms with E-state index in [1.165, 1.54) is 0 Å². The van der Waals surface area contributed by atoms with Crippen LogP contribution in [0.25, 0.3) is 0 Å². The number of nitrogens with zero attached hydrogens (tertiary/aromatic N) is 3. The molecule has 0 saturated carbocycles. The van der Waals surface area contributed by atoms with Crippen LogP contribution < -0.4 is 10.1 Å². The van der Waals surface area contributed by atoms with E-state index >= 15 is 0 Å². The summed E-state index contributed by atoms with van der Waals surface area (Å²) in [6.45, 7) is 4.32. The molecule has 0 spiro atoms. The number of benzene rings is 2. The van der Waals surface area contributed by atoms with Crippen molar-refractivity contribution in [2.75, 3.05) is 5.32 Å². The van der Waals surface area contributed by atoms with Crippen molar-refractivity contribution in [3.63, 3.8) is 0 Å². The fourth-order valence-electron chi connectivity index (χ4n) is 3.18. The Kier molecular flexibility index (Phi) is 6.48. The molecule has 0 unspecified atom stereocenters. The second kappa shape index (κ2) is 9.46. The summed E-state index contributed by atoms with van der Waals surface area (Å²) in [7, 11) is 0. The number of carbonyl (C=O) groups excluding carboxylic acids is 1. The zero-order valence-corrected chi connectivity index (χ0v) is 18.9. The molecule has 1 N–H and O–H groups in total. The molecule has 1 amide bonds. The third-order valence-electron chi connectivity index (χ3n) is 4.78. The van der Waals surface area contributed by atoms with Gasteiger partial charge in [-0.15, -0.1) is 0 Å². The lowest BCUT2D eigenvalue weighted by Gasteiger charge is -2.08. The van der Waals surface area contributed by atoms with Crippen molar-refractivity contribution in [3.8, 4) is 5.75 Å². The number of para-hydroxylation sites is 1. The van der Waals surface area contributed by atoms with Gasteiger partial charge in [-0.05, 0) is 31.5 Å². The molecule has 4 rings (SSSR count). The zero-order chi connectivity index (χ0) is 22.7. The van der Waals surface area contributed by atoms with Crippen LogP contribution in [0, 0.1) is 13.8 Å². The van der Waals surface area contributed by atoms with Gasteiger partial charge in [-0.1, -0.05) is 70.3 Å². The quantitative estimate of drug-likeness (QED) is 0.375. The molecule has 7 nitrogen and oxygen atoms in total. The minimum absolute atomic E-state index is 0.0668. The number of aromatic nitrogens is 3. The fourth-order valence-corrected chi connectivity index (χ4v) is 3.57. The fraction of sp³-hybridized carbons (Fsp3) is 0.174. The number of anilines is 1. The lowest BCUT2D eigenvalue weighted by molar-refractivity contribution is 0.101. The van der Waals surface area contributed by atoms with Crippen LogP contribution in [0.2, 0.25) is 10.0 Å². The van der Waals surface area contributed by atoms with Crippen LogP contribution in [-0.4, -0.2) is 20.8 Å². The van der Waals surface area contributed by atoms with Gasteiger partial charge in [-0.3, -0.25) is 9.48 Å². The van der Waals surface area contributed by atoms with Crippen molar-refractivity contribution in [1.82, 2.24) is 14.9 Å². The highest BCUT2D eigenvalue weighted by Crippen LogP contribution is 2.26. The summed E-state index contributed by atoms with van der Waals surface area (Å²) < 4.78 is 12.6. The topological polar surface area (TPSA) is 82.2 Å². The first kappa shape index (κ1) is 21.9. The SMILES string of the molecule is Cc1cccc(Cn2cc(Cl)c(NC(=O)c3noc(C)c3COc3ccccc3Cl)n2)c1. The number of hydrogen-bond donors (Lipinski definition) is 1. The van der Waals surface area contributed by atoms with E-state index in [0.29, 0.717) is 33.7 Å². The number of rotatable bonds is 7. The third-order valence-corrected chi connectivity index (χ3v) is 5.37. The van der Waals surface area contributed by atoms with E-state index in [-0.39, 0.29) is 18.1 Å². The van der Waals surface area contributed by atoms with Crippen molar-refractivity contribution in [2.45, 2.75) is 27.0 Å². The summed E-state index contributed by atoms with van der Waals surface area (Å²) in [6.07, 6.45) is 1.66. The van der Waals surface area contributed by atoms with Crippen molar-refractivity contribution in [3.05, 3.63) is 92.9 Å². The Hall–Kier alpha value is -3.29. The van der Waals surface area contributed by atoms with Gasteiger partial charge in [0.15, 0.2) is 11.5 Å². The van der Waals surface area contributed by atoms with E-state index in [2.05, 4.69) is 21.6 Å². The maximum atomic E-state index is 12.9. The molecule has 0 aliphatic rings. The minimum atomic E-state index is -0.498. The summed E-state index contributed by atoms with van der Waals surface area (Å²) in [5.41, 5.74) is 2.84. The normalized spacial score (nSPS) is 10.9. The number of hydrogen-bond acceptors (Lipinski definition) is 5. The number of nitrogens with one attached hydrogen (secondary N) is 1. The largest absolute Gasteiger partial charge is 0.487 e. The van der Waals surface area contributed by atoms with Gasteiger partial charge in [0, 0.05) is 6.20 Å². The molecular formula is C23H20Cl2N4O3. The van der Waals surface area contributed by atoms with Crippen molar-refractivity contribution >= 4 is 34.9 Å². The van der Waals surface area contributed by atoms with Crippen molar-refractivity contribution in [2.24, 2.45) is 0 Å². The zero-order valence-electron chi connectivity index (χ0n) is 17.4. The van der Waals surface area contributed by atoms with Crippen LogP contribution in [0.3, 0.4) is 0 Å². The molecule has 0 aliphatic carbocycles. The first-order valence-electron chi connectivity index (χ1n) is 9.83. The number of amides is 1. The number of carbonyl (C=O) groups is 1. The van der Waals surface area contributed by atoms with Gasteiger partial charge in [-0.2, -0.15) is 5.10 Å². The van der Waals surface area contributed by atoms with E-state index in [9.17, 15) is 4.79 Å². The minimum Gasteiger partial charge on any atom is -0.487 e. The molecule has 0 bridgehead atoms. The molecular weight excluding hydrogens is 451 g/mol. The number of aryl methyl sites for hydroxylation is 2. The monoisotopic (exact) mass is 470 g/mol. The van der Waals surface area contributed by atoms with Crippen LogP contribution in [0.15, 0.2) is 59.3 Å². The molecule has 32 heavy (non-hydrogen) atoms. The molecule has 0 fully saturated rings. The second-order valence-corrected chi connectivity index (χ2v) is 8.07. The average molecular weight is 471 g/mol. The highest BCUT2D eigenvalue weighted by Gasteiger charge is 2.22. The molecule has 4 aromatic rings. The number of halogens is 2. The lowest BCUT2D eigenvalue weighted by Crippen LogP contribution is -2.16. The smallest absolute Gasteiger partial charge is 0.279 e. The maximum Gasteiger partial charge on any atom is 0.279 e. The maximum absolute atomic E-state index is 12.9. The number of ether oxygens (including phenoxy) is 1. The van der Waals surface area contributed by atoms with Gasteiger partial charge in [0.05, 0.1) is 17.1 Å². The molecule has 0 radical (unpaired) electrons. The van der Waals surface area contributed by atoms with Crippen LogP contribution in [0.4, 0.5) is 5.82 Å². The van der Waals surface area contributed by atoms with E-state index < -0.39 is 5.91 Å². The van der Waals surface area contributed by atoms with Gasteiger partial charge in [-0.25, -0.2) is 0 Å². The third kappa shape index (κ3) is 4.95. The molecule has 2 heterocycles. The van der Waals surface area contributed by atoms with Crippen LogP contribution in [-0.2, 0) is 13.2 Å². The first-order chi connectivity index (χ1) is 15.4. The standard InChI is InChI=1S/C23H20Cl2N4O3/c1-14-6-5-7-16(10-14)11-29-12-19(25)22(27-29)26-23(30)21-17(15(2)32-28-21)13-31-20-9-4-3-8-18(20)24/h3-10,12H,11,13H2,1-2H3,(H,26,27,30). The lowest BCUT2D eigenvalue weighted by atomic mass is 10.1.